The molecule has 15 heteroatoms. The van der Waals surface area contributed by atoms with E-state index in [9.17, 15) is 34.8 Å². The third-order valence-corrected chi connectivity index (χ3v) is 6.73. The van der Waals surface area contributed by atoms with E-state index in [-0.39, 0.29) is 33.1 Å². The van der Waals surface area contributed by atoms with Gasteiger partial charge in [-0.2, -0.15) is 26.3 Å². The molecule has 36 heavy (non-hydrogen) atoms. The normalized spacial score (nSPS) is 12.4. The van der Waals surface area contributed by atoms with Crippen LogP contribution < -0.4 is 0 Å². The molecule has 0 aliphatic carbocycles. The van der Waals surface area contributed by atoms with Crippen molar-refractivity contribution in [2.75, 3.05) is 5.75 Å². The first-order chi connectivity index (χ1) is 16.5. The highest BCUT2D eigenvalue weighted by atomic mass is 35.5. The first-order valence-electron chi connectivity index (χ1n) is 9.72. The lowest BCUT2D eigenvalue weighted by molar-refractivity contribution is -0.192. The standard InChI is InChI=1S/C19H13ClF3N3O2S.C2HF3O2/c1-2-29(27,28)17-6-10-5-12(20)3-4-13(10)26-18(17)16-8-14-15(25-16)7-11(9-24-14)19(21,22)23;3-2(4,5)1(6)7/h3-9,25H,2H2,1H3;(H,6,7). The summed E-state index contributed by atoms with van der Waals surface area (Å²) in [5.74, 6) is -2.92. The number of rotatable bonds is 3. The number of fused-ring (bicyclic) bond motifs is 2. The number of carbonyl (C=O) groups is 1. The molecule has 0 spiro atoms. The molecule has 0 unspecified atom stereocenters. The molecule has 0 saturated carbocycles. The molecule has 3 aromatic heterocycles. The predicted octanol–water partition coefficient (Wildman–Crippen LogP) is 5.88. The molecule has 0 radical (unpaired) electrons. The minimum atomic E-state index is -5.08. The highest BCUT2D eigenvalue weighted by Gasteiger charge is 2.38. The number of alkyl halides is 6. The molecule has 0 saturated heterocycles. The molecule has 192 valence electrons. The molecule has 7 nitrogen and oxygen atoms in total. The van der Waals surface area contributed by atoms with Crippen LogP contribution in [0, 0.1) is 0 Å². The van der Waals surface area contributed by atoms with Gasteiger partial charge in [0.15, 0.2) is 9.84 Å². The van der Waals surface area contributed by atoms with Crippen molar-refractivity contribution in [3.8, 4) is 11.4 Å². The van der Waals surface area contributed by atoms with Gasteiger partial charge < -0.3 is 10.1 Å². The Kier molecular flexibility index (Phi) is 7.24. The Morgan fingerprint density at radius 3 is 2.25 bits per heavy atom. The smallest absolute Gasteiger partial charge is 0.475 e. The van der Waals surface area contributed by atoms with Gasteiger partial charge in [-0.05, 0) is 36.4 Å². The van der Waals surface area contributed by atoms with Gasteiger partial charge in [0.1, 0.15) is 5.69 Å². The second-order valence-electron chi connectivity index (χ2n) is 7.22. The summed E-state index contributed by atoms with van der Waals surface area (Å²) in [5.41, 5.74) is 0.380. The molecule has 4 aromatic rings. The second-order valence-corrected chi connectivity index (χ2v) is 9.90. The van der Waals surface area contributed by atoms with Crippen molar-refractivity contribution in [1.29, 1.82) is 0 Å². The average Bonchev–Trinajstić information content (AvgIpc) is 3.20. The fourth-order valence-corrected chi connectivity index (χ4v) is 4.25. The van der Waals surface area contributed by atoms with Gasteiger partial charge in [-0.15, -0.1) is 0 Å². The van der Waals surface area contributed by atoms with Gasteiger partial charge in [0.2, 0.25) is 0 Å². The first kappa shape index (κ1) is 27.2. The molecule has 0 aliphatic rings. The molecule has 0 amide bonds. The van der Waals surface area contributed by atoms with Crippen LogP contribution >= 0.6 is 11.6 Å². The predicted molar refractivity (Wildman–Crippen MR) is 118 cm³/mol. The summed E-state index contributed by atoms with van der Waals surface area (Å²) < 4.78 is 96.0. The lowest BCUT2D eigenvalue weighted by atomic mass is 10.2. The minimum absolute atomic E-state index is 0.0302. The highest BCUT2D eigenvalue weighted by molar-refractivity contribution is 7.91. The van der Waals surface area contributed by atoms with E-state index in [0.29, 0.717) is 15.9 Å². The molecule has 2 N–H and O–H groups in total. The van der Waals surface area contributed by atoms with Crippen LogP contribution in [-0.2, 0) is 20.8 Å². The number of nitrogens with zero attached hydrogens (tertiary/aromatic N) is 2. The molecule has 0 atom stereocenters. The number of aromatic nitrogens is 3. The molecular weight excluding hydrogens is 540 g/mol. The van der Waals surface area contributed by atoms with Gasteiger partial charge >= 0.3 is 18.3 Å². The lowest BCUT2D eigenvalue weighted by Gasteiger charge is -2.10. The SMILES string of the molecule is CCS(=O)(=O)c1cc2cc(Cl)ccc2nc1-c1cc2ncc(C(F)(F)F)cc2[nH]1.O=C(O)C(F)(F)F. The summed E-state index contributed by atoms with van der Waals surface area (Å²) in [6.45, 7) is 1.50. The molecule has 0 aliphatic heterocycles. The number of nitrogens with one attached hydrogen (secondary N) is 1. The van der Waals surface area contributed by atoms with Crippen LogP contribution in [0.15, 0.2) is 47.5 Å². The van der Waals surface area contributed by atoms with Gasteiger partial charge in [-0.1, -0.05) is 18.5 Å². The quantitative estimate of drug-likeness (QED) is 0.307. The van der Waals surface area contributed by atoms with Crippen LogP contribution in [0.2, 0.25) is 5.02 Å². The lowest BCUT2D eigenvalue weighted by Crippen LogP contribution is -2.21. The Morgan fingerprint density at radius 2 is 1.69 bits per heavy atom. The van der Waals surface area contributed by atoms with Crippen molar-refractivity contribution in [2.45, 2.75) is 24.2 Å². The van der Waals surface area contributed by atoms with Gasteiger partial charge in [-0.25, -0.2) is 18.2 Å². The van der Waals surface area contributed by atoms with Crippen molar-refractivity contribution >= 4 is 49.3 Å². The van der Waals surface area contributed by atoms with E-state index in [2.05, 4.69) is 15.0 Å². The second kappa shape index (κ2) is 9.58. The van der Waals surface area contributed by atoms with E-state index in [1.54, 1.807) is 18.2 Å². The number of halogens is 7. The van der Waals surface area contributed by atoms with Crippen LogP contribution in [0.4, 0.5) is 26.3 Å². The Labute approximate surface area is 203 Å². The summed E-state index contributed by atoms with van der Waals surface area (Å²) in [5, 5.41) is 8.10. The number of pyridine rings is 2. The number of carboxylic acid groups (broad SMARTS) is 1. The Morgan fingerprint density at radius 1 is 1.06 bits per heavy atom. The maximum Gasteiger partial charge on any atom is 0.490 e. The number of benzene rings is 1. The van der Waals surface area contributed by atoms with Gasteiger partial charge in [0.05, 0.1) is 38.5 Å². The van der Waals surface area contributed by atoms with Gasteiger partial charge in [-0.3, -0.25) is 4.98 Å². The first-order valence-corrected chi connectivity index (χ1v) is 11.8. The molecule has 0 bridgehead atoms. The van der Waals surface area contributed by atoms with Gasteiger partial charge in [0, 0.05) is 16.6 Å². The average molecular weight is 554 g/mol. The molecule has 4 rings (SSSR count). The molecule has 1 aromatic carbocycles. The fraction of sp³-hybridized carbons (Fsp3) is 0.190. The van der Waals surface area contributed by atoms with Crippen LogP contribution in [0.3, 0.4) is 0 Å². The zero-order chi connectivity index (χ0) is 27.1. The molecule has 3 heterocycles. The maximum absolute atomic E-state index is 13.0. The van der Waals surface area contributed by atoms with Gasteiger partial charge in [0.25, 0.3) is 0 Å². The van der Waals surface area contributed by atoms with Crippen molar-refractivity contribution in [1.82, 2.24) is 15.0 Å². The van der Waals surface area contributed by atoms with Crippen molar-refractivity contribution in [3.05, 3.63) is 53.2 Å². The number of carboxylic acids is 1. The Balaban J connectivity index is 0.000000454. The third-order valence-electron chi connectivity index (χ3n) is 4.75. The number of H-pyrrole nitrogens is 1. The van der Waals surface area contributed by atoms with E-state index in [1.807, 2.05) is 0 Å². The summed E-state index contributed by atoms with van der Waals surface area (Å²) in [7, 11) is -3.68. The summed E-state index contributed by atoms with van der Waals surface area (Å²) in [6.07, 6.45) is -8.89. The van der Waals surface area contributed by atoms with Crippen LogP contribution in [0.1, 0.15) is 12.5 Å². The van der Waals surface area contributed by atoms with Crippen LogP contribution in [0.5, 0.6) is 0 Å². The topological polar surface area (TPSA) is 113 Å². The molecule has 0 fully saturated rings. The van der Waals surface area contributed by atoms with E-state index < -0.39 is 33.7 Å². The number of hydrogen-bond acceptors (Lipinski definition) is 5. The van der Waals surface area contributed by atoms with Crippen LogP contribution in [0.25, 0.3) is 33.3 Å². The van der Waals surface area contributed by atoms with Crippen molar-refractivity contribution in [3.63, 3.8) is 0 Å². The summed E-state index contributed by atoms with van der Waals surface area (Å²) >= 11 is 6.00. The summed E-state index contributed by atoms with van der Waals surface area (Å²) in [4.78, 5) is 20.0. The van der Waals surface area contributed by atoms with E-state index in [1.165, 1.54) is 19.1 Å². The van der Waals surface area contributed by atoms with E-state index in [4.69, 9.17) is 21.5 Å². The minimum Gasteiger partial charge on any atom is -0.475 e. The zero-order valence-corrected chi connectivity index (χ0v) is 19.4. The van der Waals surface area contributed by atoms with E-state index >= 15 is 0 Å². The fourth-order valence-electron chi connectivity index (χ4n) is 3.00. The van der Waals surface area contributed by atoms with Crippen molar-refractivity contribution in [2.24, 2.45) is 0 Å². The largest absolute Gasteiger partial charge is 0.490 e. The van der Waals surface area contributed by atoms with E-state index in [0.717, 1.165) is 12.3 Å². The van der Waals surface area contributed by atoms with Crippen molar-refractivity contribution < 1.29 is 44.7 Å². The Bertz CT molecular complexity index is 1570. The number of hydrogen-bond donors (Lipinski definition) is 2. The monoisotopic (exact) mass is 553 g/mol. The van der Waals surface area contributed by atoms with Crippen LogP contribution in [-0.4, -0.2) is 46.4 Å². The highest BCUT2D eigenvalue weighted by Crippen LogP contribution is 2.34. The zero-order valence-electron chi connectivity index (χ0n) is 17.9. The Hall–Kier alpha value is -3.39. The molecular formula is C21H14ClF6N3O4S. The number of aliphatic carboxylic acids is 1. The summed E-state index contributed by atoms with van der Waals surface area (Å²) in [6, 6.07) is 8.76. The maximum atomic E-state index is 13.0. The number of aromatic amines is 1. The number of sulfone groups is 1. The third kappa shape index (κ3) is 5.87.